The zero-order valence-corrected chi connectivity index (χ0v) is 12.9. The number of para-hydroxylation sites is 1. The Morgan fingerprint density at radius 1 is 1.13 bits per heavy atom. The molecular weight excluding hydrogens is 290 g/mol. The molecular formula is C19H17NO3. The monoisotopic (exact) mass is 307 g/mol. The summed E-state index contributed by atoms with van der Waals surface area (Å²) in [6, 6.07) is 18.5. The molecule has 1 aliphatic rings. The number of rotatable bonds is 5. The first-order chi connectivity index (χ1) is 11.1. The summed E-state index contributed by atoms with van der Waals surface area (Å²) in [6.07, 6.45) is 0.724. The van der Waals surface area contributed by atoms with Gasteiger partial charge in [0.2, 0.25) is 6.10 Å². The molecule has 0 N–H and O–H groups in total. The predicted octanol–water partition coefficient (Wildman–Crippen LogP) is 4.39. The highest BCUT2D eigenvalue weighted by Gasteiger charge is 2.47. The van der Waals surface area contributed by atoms with Crippen LogP contribution in [0.25, 0.3) is 0 Å². The maximum Gasteiger partial charge on any atom is 0.313 e. The number of carbonyl (C=O) groups is 1. The van der Waals surface area contributed by atoms with E-state index in [4.69, 9.17) is 9.47 Å². The van der Waals surface area contributed by atoms with Crippen LogP contribution in [0.4, 0.5) is 0 Å². The van der Waals surface area contributed by atoms with Crippen LogP contribution < -0.4 is 4.74 Å². The highest BCUT2D eigenvalue weighted by atomic mass is 16.5. The molecule has 2 aromatic rings. The lowest BCUT2D eigenvalue weighted by atomic mass is 10.1. The minimum Gasteiger partial charge on any atom is -0.457 e. The number of esters is 1. The second-order valence-electron chi connectivity index (χ2n) is 5.96. The van der Waals surface area contributed by atoms with Crippen molar-refractivity contribution in [2.75, 3.05) is 0 Å². The smallest absolute Gasteiger partial charge is 0.313 e. The first-order valence-corrected chi connectivity index (χ1v) is 7.54. The predicted molar refractivity (Wildman–Crippen MR) is 84.7 cm³/mol. The second kappa shape index (κ2) is 6.13. The van der Waals surface area contributed by atoms with E-state index in [0.717, 1.165) is 12.8 Å². The molecule has 4 nitrogen and oxygen atoms in total. The molecule has 2 aromatic carbocycles. The molecule has 4 heteroatoms. The van der Waals surface area contributed by atoms with Gasteiger partial charge in [-0.05, 0) is 44.0 Å². The summed E-state index contributed by atoms with van der Waals surface area (Å²) in [5.41, 5.74) is 0.200. The summed E-state index contributed by atoms with van der Waals surface area (Å²) in [4.78, 5) is 12.0. The van der Waals surface area contributed by atoms with Gasteiger partial charge in [-0.3, -0.25) is 4.79 Å². The fourth-order valence-corrected chi connectivity index (χ4v) is 2.18. The lowest BCUT2D eigenvalue weighted by Crippen LogP contribution is -2.18. The Balaban J connectivity index is 1.75. The molecule has 116 valence electrons. The summed E-state index contributed by atoms with van der Waals surface area (Å²) in [6.45, 7) is 1.86. The minimum absolute atomic E-state index is 0.307. The van der Waals surface area contributed by atoms with Crippen LogP contribution in [0.15, 0.2) is 54.6 Å². The summed E-state index contributed by atoms with van der Waals surface area (Å²) in [5.74, 6) is 1.00. The van der Waals surface area contributed by atoms with Gasteiger partial charge < -0.3 is 9.47 Å². The van der Waals surface area contributed by atoms with Crippen molar-refractivity contribution in [3.05, 3.63) is 60.2 Å². The first kappa shape index (κ1) is 15.1. The summed E-state index contributed by atoms with van der Waals surface area (Å²) in [5, 5.41) is 9.33. The van der Waals surface area contributed by atoms with E-state index in [-0.39, 0.29) is 5.97 Å². The number of nitriles is 1. The zero-order valence-electron chi connectivity index (χ0n) is 12.9. The van der Waals surface area contributed by atoms with Crippen LogP contribution in [0.5, 0.6) is 11.5 Å². The van der Waals surface area contributed by atoms with E-state index in [9.17, 15) is 10.1 Å². The van der Waals surface area contributed by atoms with E-state index in [0.29, 0.717) is 17.1 Å². The maximum atomic E-state index is 12.0. The summed E-state index contributed by atoms with van der Waals surface area (Å²) < 4.78 is 11.1. The van der Waals surface area contributed by atoms with Gasteiger partial charge in [-0.1, -0.05) is 30.3 Å². The number of hydrogen-bond donors (Lipinski definition) is 0. The van der Waals surface area contributed by atoms with Crippen LogP contribution in [0.2, 0.25) is 0 Å². The number of carbonyl (C=O) groups excluding carboxylic acids is 1. The van der Waals surface area contributed by atoms with Gasteiger partial charge in [0, 0.05) is 5.56 Å². The third-order valence-corrected chi connectivity index (χ3v) is 3.97. The Morgan fingerprint density at radius 2 is 1.83 bits per heavy atom. The van der Waals surface area contributed by atoms with Crippen molar-refractivity contribution in [3.8, 4) is 17.6 Å². The average Bonchev–Trinajstić information content (AvgIpc) is 3.32. The Labute approximate surface area is 135 Å². The second-order valence-corrected chi connectivity index (χ2v) is 5.96. The van der Waals surface area contributed by atoms with Gasteiger partial charge in [0.15, 0.2) is 0 Å². The van der Waals surface area contributed by atoms with Gasteiger partial charge in [0.1, 0.15) is 17.6 Å². The molecule has 0 aliphatic heterocycles. The average molecular weight is 307 g/mol. The molecule has 1 saturated carbocycles. The third kappa shape index (κ3) is 3.51. The normalized spacial score (nSPS) is 16.0. The van der Waals surface area contributed by atoms with E-state index in [2.05, 4.69) is 0 Å². The standard InChI is InChI=1S/C19H17NO3/c1-19(10-11-19)18(21)23-17(13-20)14-6-5-9-16(12-14)22-15-7-3-2-4-8-15/h2-9,12,17H,10-11H2,1H3/t17-/m1/s1. The molecule has 0 spiro atoms. The van der Waals surface area contributed by atoms with E-state index < -0.39 is 11.5 Å². The zero-order chi connectivity index (χ0) is 16.3. The van der Waals surface area contributed by atoms with Crippen LogP contribution in [-0.4, -0.2) is 5.97 Å². The summed E-state index contributed by atoms with van der Waals surface area (Å²) >= 11 is 0. The molecule has 0 unspecified atom stereocenters. The molecule has 0 heterocycles. The van der Waals surface area contributed by atoms with Gasteiger partial charge in [-0.2, -0.15) is 5.26 Å². The topological polar surface area (TPSA) is 59.3 Å². The van der Waals surface area contributed by atoms with E-state index in [1.807, 2.05) is 43.3 Å². The third-order valence-electron chi connectivity index (χ3n) is 3.97. The van der Waals surface area contributed by atoms with Crippen LogP contribution in [-0.2, 0) is 9.53 Å². The van der Waals surface area contributed by atoms with E-state index in [1.165, 1.54) is 0 Å². The molecule has 1 aliphatic carbocycles. The van der Waals surface area contributed by atoms with Crippen LogP contribution in [0, 0.1) is 16.7 Å². The summed E-state index contributed by atoms with van der Waals surface area (Å²) in [7, 11) is 0. The Hall–Kier alpha value is -2.80. The highest BCUT2D eigenvalue weighted by Crippen LogP contribution is 2.46. The van der Waals surface area contributed by atoms with Gasteiger partial charge in [-0.15, -0.1) is 0 Å². The van der Waals surface area contributed by atoms with Crippen molar-refractivity contribution in [2.24, 2.45) is 5.41 Å². The molecule has 0 amide bonds. The maximum absolute atomic E-state index is 12.0. The molecule has 3 rings (SSSR count). The van der Waals surface area contributed by atoms with Crippen molar-refractivity contribution in [2.45, 2.75) is 25.9 Å². The van der Waals surface area contributed by atoms with Crippen LogP contribution in [0.1, 0.15) is 31.4 Å². The first-order valence-electron chi connectivity index (χ1n) is 7.54. The number of benzene rings is 2. The fourth-order valence-electron chi connectivity index (χ4n) is 2.18. The Bertz CT molecular complexity index is 745. The number of ether oxygens (including phenoxy) is 2. The highest BCUT2D eigenvalue weighted by molar-refractivity contribution is 5.79. The van der Waals surface area contributed by atoms with Crippen molar-refractivity contribution in [3.63, 3.8) is 0 Å². The molecule has 1 fully saturated rings. The van der Waals surface area contributed by atoms with E-state index in [1.54, 1.807) is 24.3 Å². The van der Waals surface area contributed by atoms with Gasteiger partial charge in [0.25, 0.3) is 0 Å². The van der Waals surface area contributed by atoms with E-state index >= 15 is 0 Å². The SMILES string of the molecule is CC1(C(=O)O[C@H](C#N)c2cccc(Oc3ccccc3)c2)CC1. The molecule has 0 bridgehead atoms. The molecule has 1 atom stereocenters. The van der Waals surface area contributed by atoms with Crippen LogP contribution in [0.3, 0.4) is 0 Å². The van der Waals surface area contributed by atoms with Crippen LogP contribution >= 0.6 is 0 Å². The molecule has 23 heavy (non-hydrogen) atoms. The molecule has 0 radical (unpaired) electrons. The van der Waals surface area contributed by atoms with Crippen molar-refractivity contribution in [1.82, 2.24) is 0 Å². The van der Waals surface area contributed by atoms with Crippen molar-refractivity contribution >= 4 is 5.97 Å². The molecule has 0 saturated heterocycles. The molecule has 0 aromatic heterocycles. The van der Waals surface area contributed by atoms with Gasteiger partial charge in [0.05, 0.1) is 5.41 Å². The number of hydrogen-bond acceptors (Lipinski definition) is 4. The van der Waals surface area contributed by atoms with Crippen molar-refractivity contribution < 1.29 is 14.3 Å². The lowest BCUT2D eigenvalue weighted by molar-refractivity contribution is -0.152. The largest absolute Gasteiger partial charge is 0.457 e. The fraction of sp³-hybridized carbons (Fsp3) is 0.263. The minimum atomic E-state index is -0.917. The quantitative estimate of drug-likeness (QED) is 0.769. The Kier molecular flexibility index (Phi) is 4.03. The van der Waals surface area contributed by atoms with Crippen molar-refractivity contribution in [1.29, 1.82) is 5.26 Å². The lowest BCUT2D eigenvalue weighted by Gasteiger charge is -2.15. The van der Waals surface area contributed by atoms with Gasteiger partial charge >= 0.3 is 5.97 Å². The van der Waals surface area contributed by atoms with Gasteiger partial charge in [-0.25, -0.2) is 0 Å². The Morgan fingerprint density at radius 3 is 2.48 bits per heavy atom. The number of nitrogens with zero attached hydrogens (tertiary/aromatic N) is 1.